The van der Waals surface area contributed by atoms with Gasteiger partial charge >= 0.3 is 0 Å². The van der Waals surface area contributed by atoms with Crippen LogP contribution in [-0.2, 0) is 4.74 Å². The lowest BCUT2D eigenvalue weighted by atomic mass is 10.2. The van der Waals surface area contributed by atoms with Crippen molar-refractivity contribution in [2.45, 2.75) is 38.6 Å². The molecule has 1 aromatic rings. The van der Waals surface area contributed by atoms with Crippen molar-refractivity contribution < 1.29 is 4.74 Å². The van der Waals surface area contributed by atoms with Crippen molar-refractivity contribution in [3.05, 3.63) is 28.7 Å². The molecule has 6 heteroatoms. The average Bonchev–Trinajstić information content (AvgIpc) is 3.07. The molecule has 0 bridgehead atoms. The molecule has 0 saturated carbocycles. The van der Waals surface area contributed by atoms with E-state index in [2.05, 4.69) is 62.7 Å². The van der Waals surface area contributed by atoms with Gasteiger partial charge < -0.3 is 20.3 Å². The Kier molecular flexibility index (Phi) is 9.11. The number of anilines is 1. The number of rotatable bonds is 9. The Labute approximate surface area is 160 Å². The third-order valence-electron chi connectivity index (χ3n) is 4.34. The van der Waals surface area contributed by atoms with E-state index in [0.29, 0.717) is 6.04 Å². The zero-order valence-corrected chi connectivity index (χ0v) is 17.0. The third-order valence-corrected chi connectivity index (χ3v) is 5.01. The first-order valence-corrected chi connectivity index (χ1v) is 10.1. The average molecular weight is 411 g/mol. The number of nitrogens with one attached hydrogen (secondary N) is 2. The molecular weight excluding hydrogens is 380 g/mol. The van der Waals surface area contributed by atoms with E-state index >= 15 is 0 Å². The minimum absolute atomic E-state index is 0.429. The number of para-hydroxylation sites is 1. The summed E-state index contributed by atoms with van der Waals surface area (Å²) >= 11 is 3.65. The van der Waals surface area contributed by atoms with E-state index in [4.69, 9.17) is 9.73 Å². The molecular formula is C19H31BrN4O. The molecule has 1 fully saturated rings. The summed E-state index contributed by atoms with van der Waals surface area (Å²) in [4.78, 5) is 7.14. The number of unbranched alkanes of at least 4 members (excludes halogenated alkanes) is 2. The Morgan fingerprint density at radius 3 is 2.92 bits per heavy atom. The Morgan fingerprint density at radius 2 is 2.16 bits per heavy atom. The summed E-state index contributed by atoms with van der Waals surface area (Å²) in [5.41, 5.74) is 1.27. The highest BCUT2D eigenvalue weighted by Crippen LogP contribution is 2.28. The van der Waals surface area contributed by atoms with Crippen LogP contribution in [0.4, 0.5) is 5.69 Å². The van der Waals surface area contributed by atoms with E-state index in [1.165, 1.54) is 5.69 Å². The van der Waals surface area contributed by atoms with E-state index in [1.807, 2.05) is 0 Å². The number of hydrogen-bond acceptors (Lipinski definition) is 3. The van der Waals surface area contributed by atoms with Crippen molar-refractivity contribution in [2.24, 2.45) is 4.99 Å². The van der Waals surface area contributed by atoms with Crippen LogP contribution in [0.3, 0.4) is 0 Å². The Morgan fingerprint density at radius 1 is 1.32 bits per heavy atom. The van der Waals surface area contributed by atoms with Crippen LogP contribution in [-0.4, -0.2) is 51.9 Å². The first-order chi connectivity index (χ1) is 12.2. The number of guanidine groups is 1. The topological polar surface area (TPSA) is 48.9 Å². The lowest BCUT2D eigenvalue weighted by Gasteiger charge is -2.21. The molecule has 25 heavy (non-hydrogen) atoms. The quantitative estimate of drug-likeness (QED) is 0.372. The van der Waals surface area contributed by atoms with E-state index < -0.39 is 0 Å². The van der Waals surface area contributed by atoms with Crippen LogP contribution < -0.4 is 15.5 Å². The molecule has 140 valence electrons. The summed E-state index contributed by atoms with van der Waals surface area (Å²) in [5, 5.41) is 6.96. The van der Waals surface area contributed by atoms with Crippen molar-refractivity contribution in [1.29, 1.82) is 0 Å². The summed E-state index contributed by atoms with van der Waals surface area (Å²) < 4.78 is 6.24. The number of benzene rings is 1. The lowest BCUT2D eigenvalue weighted by molar-refractivity contribution is 0.192. The largest absolute Gasteiger partial charge is 0.385 e. The SMILES string of the molecule is CCNC(=NCCCCCOC)NC1CCN(c2ccccc2Br)C1. The smallest absolute Gasteiger partial charge is 0.191 e. The van der Waals surface area contributed by atoms with Crippen LogP contribution in [0.5, 0.6) is 0 Å². The highest BCUT2D eigenvalue weighted by atomic mass is 79.9. The van der Waals surface area contributed by atoms with Crippen molar-refractivity contribution >= 4 is 27.6 Å². The second-order valence-corrected chi connectivity index (χ2v) is 7.20. The maximum absolute atomic E-state index is 5.08. The predicted octanol–water partition coefficient (Wildman–Crippen LogP) is 3.40. The van der Waals surface area contributed by atoms with Crippen LogP contribution in [0, 0.1) is 0 Å². The highest BCUT2D eigenvalue weighted by molar-refractivity contribution is 9.10. The summed E-state index contributed by atoms with van der Waals surface area (Å²) in [6.45, 7) is 6.76. The first kappa shape index (κ1) is 20.0. The van der Waals surface area contributed by atoms with Crippen molar-refractivity contribution in [3.8, 4) is 0 Å². The van der Waals surface area contributed by atoms with Gasteiger partial charge in [-0.2, -0.15) is 0 Å². The van der Waals surface area contributed by atoms with E-state index in [9.17, 15) is 0 Å². The van der Waals surface area contributed by atoms with Crippen LogP contribution in [0.15, 0.2) is 33.7 Å². The molecule has 1 saturated heterocycles. The molecule has 0 amide bonds. The number of ether oxygens (including phenoxy) is 1. The predicted molar refractivity (Wildman–Crippen MR) is 110 cm³/mol. The Hall–Kier alpha value is -1.27. The fourth-order valence-electron chi connectivity index (χ4n) is 3.04. The number of halogens is 1. The zero-order chi connectivity index (χ0) is 17.9. The fourth-order valence-corrected chi connectivity index (χ4v) is 3.58. The van der Waals surface area contributed by atoms with Gasteiger partial charge in [0, 0.05) is 50.4 Å². The maximum atomic E-state index is 5.08. The first-order valence-electron chi connectivity index (χ1n) is 9.27. The minimum atomic E-state index is 0.429. The van der Waals surface area contributed by atoms with Gasteiger partial charge in [0.15, 0.2) is 5.96 Å². The third kappa shape index (κ3) is 6.86. The van der Waals surface area contributed by atoms with Gasteiger partial charge in [-0.05, 0) is 60.7 Å². The molecule has 1 unspecified atom stereocenters. The standard InChI is InChI=1S/C19H31BrN4O/c1-3-21-19(22-12-7-4-8-14-25-2)23-16-11-13-24(15-16)18-10-6-5-9-17(18)20/h5-6,9-10,16H,3-4,7-8,11-15H2,1-2H3,(H2,21,22,23). The number of hydrogen-bond donors (Lipinski definition) is 2. The number of nitrogens with zero attached hydrogens (tertiary/aromatic N) is 2. The van der Waals surface area contributed by atoms with Crippen LogP contribution >= 0.6 is 15.9 Å². The van der Waals surface area contributed by atoms with Gasteiger partial charge in [0.25, 0.3) is 0 Å². The minimum Gasteiger partial charge on any atom is -0.385 e. The van der Waals surface area contributed by atoms with Gasteiger partial charge in [0.1, 0.15) is 0 Å². The van der Waals surface area contributed by atoms with Crippen molar-refractivity contribution in [2.75, 3.05) is 44.8 Å². The molecule has 1 aliphatic rings. The van der Waals surface area contributed by atoms with Gasteiger partial charge in [0.2, 0.25) is 0 Å². The molecule has 1 aromatic carbocycles. The molecule has 1 atom stereocenters. The molecule has 0 spiro atoms. The molecule has 0 radical (unpaired) electrons. The van der Waals surface area contributed by atoms with E-state index in [0.717, 1.165) is 68.9 Å². The fraction of sp³-hybridized carbons (Fsp3) is 0.632. The molecule has 5 nitrogen and oxygen atoms in total. The van der Waals surface area contributed by atoms with Gasteiger partial charge in [-0.1, -0.05) is 12.1 Å². The van der Waals surface area contributed by atoms with E-state index in [-0.39, 0.29) is 0 Å². The monoisotopic (exact) mass is 410 g/mol. The summed E-state index contributed by atoms with van der Waals surface area (Å²) in [6, 6.07) is 8.85. The maximum Gasteiger partial charge on any atom is 0.191 e. The summed E-state index contributed by atoms with van der Waals surface area (Å²) in [5.74, 6) is 0.938. The van der Waals surface area contributed by atoms with Gasteiger partial charge in [-0.3, -0.25) is 4.99 Å². The van der Waals surface area contributed by atoms with Gasteiger partial charge in [0.05, 0.1) is 5.69 Å². The molecule has 1 aliphatic heterocycles. The second kappa shape index (κ2) is 11.4. The summed E-state index contributed by atoms with van der Waals surface area (Å²) in [6.07, 6.45) is 4.50. The van der Waals surface area contributed by atoms with Crippen LogP contribution in [0.25, 0.3) is 0 Å². The molecule has 0 aliphatic carbocycles. The number of aliphatic imine (C=N–C) groups is 1. The molecule has 2 N–H and O–H groups in total. The van der Waals surface area contributed by atoms with E-state index in [1.54, 1.807) is 7.11 Å². The zero-order valence-electron chi connectivity index (χ0n) is 15.4. The lowest BCUT2D eigenvalue weighted by Crippen LogP contribution is -2.44. The van der Waals surface area contributed by atoms with Crippen LogP contribution in [0.1, 0.15) is 32.6 Å². The normalized spacial score (nSPS) is 17.8. The van der Waals surface area contributed by atoms with Gasteiger partial charge in [-0.25, -0.2) is 0 Å². The van der Waals surface area contributed by atoms with Crippen LogP contribution in [0.2, 0.25) is 0 Å². The van der Waals surface area contributed by atoms with Crippen molar-refractivity contribution in [1.82, 2.24) is 10.6 Å². The van der Waals surface area contributed by atoms with Gasteiger partial charge in [-0.15, -0.1) is 0 Å². The molecule has 0 aromatic heterocycles. The molecule has 1 heterocycles. The Bertz CT molecular complexity index is 538. The second-order valence-electron chi connectivity index (χ2n) is 6.34. The summed E-state index contributed by atoms with van der Waals surface area (Å²) in [7, 11) is 1.75. The highest BCUT2D eigenvalue weighted by Gasteiger charge is 2.24. The Balaban J connectivity index is 1.80. The number of methoxy groups -OCH3 is 1. The molecule has 2 rings (SSSR count). The van der Waals surface area contributed by atoms with Crippen molar-refractivity contribution in [3.63, 3.8) is 0 Å².